The Bertz CT molecular complexity index is 600. The molecule has 0 aliphatic carbocycles. The minimum absolute atomic E-state index is 0.0381. The van der Waals surface area contributed by atoms with Gasteiger partial charge in [0.05, 0.1) is 11.6 Å². The highest BCUT2D eigenvalue weighted by molar-refractivity contribution is 6.33. The summed E-state index contributed by atoms with van der Waals surface area (Å²) < 4.78 is 0. The highest BCUT2D eigenvalue weighted by Crippen LogP contribution is 2.35. The Hall–Kier alpha value is -1.58. The minimum Gasteiger partial charge on any atom is -0.392 e. The van der Waals surface area contributed by atoms with Crippen molar-refractivity contribution in [2.75, 3.05) is 11.4 Å². The summed E-state index contributed by atoms with van der Waals surface area (Å²) in [6.45, 7) is 0.881. The second-order valence-corrected chi connectivity index (χ2v) is 5.10. The largest absolute Gasteiger partial charge is 0.392 e. The van der Waals surface area contributed by atoms with Crippen LogP contribution in [0, 0.1) is 0 Å². The van der Waals surface area contributed by atoms with Gasteiger partial charge in [0.2, 0.25) is 0 Å². The van der Waals surface area contributed by atoms with Crippen molar-refractivity contribution < 1.29 is 5.11 Å². The summed E-state index contributed by atoms with van der Waals surface area (Å²) in [6.07, 6.45) is 3.87. The van der Waals surface area contributed by atoms with Gasteiger partial charge in [0.25, 0.3) is 0 Å². The van der Waals surface area contributed by atoms with Gasteiger partial charge in [0.1, 0.15) is 0 Å². The molecule has 2 heterocycles. The molecule has 1 aromatic heterocycles. The number of rotatable bonds is 2. The molecule has 0 fully saturated rings. The van der Waals surface area contributed by atoms with Crippen LogP contribution in [0.15, 0.2) is 36.5 Å². The molecule has 1 aromatic carbocycles. The van der Waals surface area contributed by atoms with E-state index in [4.69, 9.17) is 16.7 Å². The zero-order valence-electron chi connectivity index (χ0n) is 10.5. The predicted octanol–water partition coefficient (Wildman–Crippen LogP) is 3.31. The average Bonchev–Trinajstić information content (AvgIpc) is 2.46. The van der Waals surface area contributed by atoms with Crippen molar-refractivity contribution in [3.8, 4) is 0 Å². The van der Waals surface area contributed by atoms with Gasteiger partial charge in [-0.1, -0.05) is 29.8 Å². The van der Waals surface area contributed by atoms with E-state index in [1.165, 1.54) is 11.3 Å². The molecule has 0 amide bonds. The number of pyridine rings is 1. The molecule has 1 aliphatic heterocycles. The number of para-hydroxylation sites is 1. The van der Waals surface area contributed by atoms with Crippen molar-refractivity contribution in [2.24, 2.45) is 0 Å². The summed E-state index contributed by atoms with van der Waals surface area (Å²) in [6, 6.07) is 10.1. The maximum atomic E-state index is 9.11. The molecule has 2 aromatic rings. The highest BCUT2D eigenvalue weighted by Gasteiger charge is 2.20. The molecule has 3 rings (SSSR count). The third-order valence-corrected chi connectivity index (χ3v) is 3.71. The van der Waals surface area contributed by atoms with Gasteiger partial charge in [-0.15, -0.1) is 0 Å². The maximum Gasteiger partial charge on any atom is 0.151 e. The number of aryl methyl sites for hydroxylation is 1. The van der Waals surface area contributed by atoms with E-state index in [1.54, 1.807) is 12.3 Å². The SMILES string of the molecule is OCc1cnc(N2CCCc3ccccc32)c(Cl)c1. The van der Waals surface area contributed by atoms with Crippen LogP contribution < -0.4 is 4.90 Å². The van der Waals surface area contributed by atoms with Gasteiger partial charge in [-0.05, 0) is 36.1 Å². The van der Waals surface area contributed by atoms with E-state index in [0.29, 0.717) is 5.02 Å². The average molecular weight is 275 g/mol. The number of aliphatic hydroxyl groups excluding tert-OH is 1. The molecule has 3 nitrogen and oxygen atoms in total. The molecule has 0 saturated carbocycles. The van der Waals surface area contributed by atoms with Gasteiger partial charge >= 0.3 is 0 Å². The standard InChI is InChI=1S/C15H15ClN2O/c16-13-8-11(10-19)9-17-15(13)18-7-3-5-12-4-1-2-6-14(12)18/h1-2,4,6,8-9,19H,3,5,7,10H2. The van der Waals surface area contributed by atoms with Crippen molar-refractivity contribution in [2.45, 2.75) is 19.4 Å². The first kappa shape index (κ1) is 12.5. The number of anilines is 2. The van der Waals surface area contributed by atoms with Crippen molar-refractivity contribution in [3.63, 3.8) is 0 Å². The molecule has 1 aliphatic rings. The van der Waals surface area contributed by atoms with Crippen LogP contribution in [0.25, 0.3) is 0 Å². The Labute approximate surface area is 117 Å². The van der Waals surface area contributed by atoms with Crippen LogP contribution in [0.5, 0.6) is 0 Å². The highest BCUT2D eigenvalue weighted by atomic mass is 35.5. The molecular weight excluding hydrogens is 260 g/mol. The molecule has 4 heteroatoms. The van der Waals surface area contributed by atoms with Crippen LogP contribution in [-0.4, -0.2) is 16.6 Å². The fraction of sp³-hybridized carbons (Fsp3) is 0.267. The lowest BCUT2D eigenvalue weighted by atomic mass is 10.0. The topological polar surface area (TPSA) is 36.4 Å². The molecular formula is C15H15ClN2O. The first-order chi connectivity index (χ1) is 9.29. The van der Waals surface area contributed by atoms with Crippen molar-refractivity contribution in [1.82, 2.24) is 4.98 Å². The van der Waals surface area contributed by atoms with Crippen molar-refractivity contribution in [1.29, 1.82) is 0 Å². The van der Waals surface area contributed by atoms with Crippen LogP contribution in [-0.2, 0) is 13.0 Å². The normalized spacial score (nSPS) is 14.3. The number of halogens is 1. The summed E-state index contributed by atoms with van der Waals surface area (Å²) in [5.74, 6) is 0.769. The van der Waals surface area contributed by atoms with Gasteiger partial charge in [-0.2, -0.15) is 0 Å². The summed E-state index contributed by atoms with van der Waals surface area (Å²) >= 11 is 6.29. The summed E-state index contributed by atoms with van der Waals surface area (Å²) in [4.78, 5) is 6.56. The van der Waals surface area contributed by atoms with E-state index in [9.17, 15) is 0 Å². The molecule has 1 N–H and O–H groups in total. The van der Waals surface area contributed by atoms with Gasteiger partial charge in [0, 0.05) is 18.4 Å². The number of benzene rings is 1. The Balaban J connectivity index is 2.04. The molecule has 0 radical (unpaired) electrons. The van der Waals surface area contributed by atoms with E-state index in [0.717, 1.165) is 30.8 Å². The Morgan fingerprint density at radius 3 is 2.95 bits per heavy atom. The smallest absolute Gasteiger partial charge is 0.151 e. The Kier molecular flexibility index (Phi) is 3.40. The van der Waals surface area contributed by atoms with Gasteiger partial charge in [0.15, 0.2) is 5.82 Å². The van der Waals surface area contributed by atoms with E-state index in [-0.39, 0.29) is 6.61 Å². The van der Waals surface area contributed by atoms with Crippen LogP contribution in [0.3, 0.4) is 0 Å². The van der Waals surface area contributed by atoms with Gasteiger partial charge in [-0.25, -0.2) is 4.98 Å². The van der Waals surface area contributed by atoms with Gasteiger partial charge < -0.3 is 10.0 Å². The van der Waals surface area contributed by atoms with Crippen LogP contribution in [0.1, 0.15) is 17.5 Å². The number of nitrogens with zero attached hydrogens (tertiary/aromatic N) is 2. The summed E-state index contributed by atoms with van der Waals surface area (Å²) in [7, 11) is 0. The quantitative estimate of drug-likeness (QED) is 0.913. The lowest BCUT2D eigenvalue weighted by Crippen LogP contribution is -2.25. The zero-order chi connectivity index (χ0) is 13.2. The molecule has 98 valence electrons. The molecule has 0 spiro atoms. The van der Waals surface area contributed by atoms with Crippen LogP contribution in [0.2, 0.25) is 5.02 Å². The third-order valence-electron chi connectivity index (χ3n) is 3.43. The molecule has 0 atom stereocenters. The van der Waals surface area contributed by atoms with Crippen LogP contribution in [0.4, 0.5) is 11.5 Å². The number of fused-ring (bicyclic) bond motifs is 1. The van der Waals surface area contributed by atoms with E-state index in [2.05, 4.69) is 28.1 Å². The predicted molar refractivity (Wildman–Crippen MR) is 76.9 cm³/mol. The van der Waals surface area contributed by atoms with Gasteiger partial charge in [-0.3, -0.25) is 0 Å². The monoisotopic (exact) mass is 274 g/mol. The minimum atomic E-state index is -0.0381. The van der Waals surface area contributed by atoms with Crippen molar-refractivity contribution in [3.05, 3.63) is 52.7 Å². The van der Waals surface area contributed by atoms with E-state index < -0.39 is 0 Å². The molecule has 0 saturated heterocycles. The fourth-order valence-corrected chi connectivity index (χ4v) is 2.80. The second-order valence-electron chi connectivity index (χ2n) is 4.69. The van der Waals surface area contributed by atoms with Crippen LogP contribution >= 0.6 is 11.6 Å². The second kappa shape index (κ2) is 5.19. The summed E-state index contributed by atoms with van der Waals surface area (Å²) in [5.41, 5.74) is 3.25. The Morgan fingerprint density at radius 1 is 1.32 bits per heavy atom. The maximum absolute atomic E-state index is 9.11. The first-order valence-corrected chi connectivity index (χ1v) is 6.78. The summed E-state index contributed by atoms with van der Waals surface area (Å²) in [5, 5.41) is 9.70. The number of aromatic nitrogens is 1. The molecule has 19 heavy (non-hydrogen) atoms. The van der Waals surface area contributed by atoms with E-state index >= 15 is 0 Å². The third kappa shape index (κ3) is 2.31. The zero-order valence-corrected chi connectivity index (χ0v) is 11.3. The first-order valence-electron chi connectivity index (χ1n) is 6.40. The van der Waals surface area contributed by atoms with Crippen molar-refractivity contribution >= 4 is 23.1 Å². The number of hydrogen-bond donors (Lipinski definition) is 1. The number of hydrogen-bond acceptors (Lipinski definition) is 3. The van der Waals surface area contributed by atoms with E-state index in [1.807, 2.05) is 6.07 Å². The molecule has 0 unspecified atom stereocenters. The fourth-order valence-electron chi connectivity index (χ4n) is 2.51. The lowest BCUT2D eigenvalue weighted by molar-refractivity contribution is 0.281. The molecule has 0 bridgehead atoms. The lowest BCUT2D eigenvalue weighted by Gasteiger charge is -2.31. The number of aliphatic hydroxyl groups is 1. The Morgan fingerprint density at radius 2 is 2.16 bits per heavy atom.